The maximum absolute atomic E-state index is 14.1. The van der Waals surface area contributed by atoms with Gasteiger partial charge in [0.05, 0.1) is 35.9 Å². The third-order valence-electron chi connectivity index (χ3n) is 5.13. The van der Waals surface area contributed by atoms with Crippen molar-refractivity contribution in [3.8, 4) is 17.1 Å². The Kier molecular flexibility index (Phi) is 6.98. The summed E-state index contributed by atoms with van der Waals surface area (Å²) >= 11 is 6.37. The number of methoxy groups -OCH3 is 1. The number of nitrogens with one attached hydrogen (secondary N) is 1. The number of nitrogens with zero attached hydrogens (tertiary/aromatic N) is 5. The Bertz CT molecular complexity index is 1420. The van der Waals surface area contributed by atoms with E-state index in [-0.39, 0.29) is 29.1 Å². The van der Waals surface area contributed by atoms with Gasteiger partial charge in [0.2, 0.25) is 5.95 Å². The number of hydrogen-bond acceptors (Lipinski definition) is 8. The van der Waals surface area contributed by atoms with Crippen molar-refractivity contribution in [2.45, 2.75) is 26.4 Å². The SMILES string of the molecule is COc1cc(N(C)CC(=O)OC(C)(C)C)ccc1Nc1ncc(Cl)c(-c2cnc3c(F)cccn23)n1. The predicted molar refractivity (Wildman–Crippen MR) is 137 cm³/mol. The highest BCUT2D eigenvalue weighted by atomic mass is 35.5. The highest BCUT2D eigenvalue weighted by molar-refractivity contribution is 6.32. The molecule has 0 bridgehead atoms. The van der Waals surface area contributed by atoms with Crippen LogP contribution in [0.3, 0.4) is 0 Å². The molecule has 1 N–H and O–H groups in total. The average Bonchev–Trinajstić information content (AvgIpc) is 3.24. The number of aromatic nitrogens is 4. The van der Waals surface area contributed by atoms with Crippen LogP contribution < -0.4 is 15.0 Å². The first kappa shape index (κ1) is 25.2. The molecule has 9 nitrogen and oxygen atoms in total. The molecule has 36 heavy (non-hydrogen) atoms. The van der Waals surface area contributed by atoms with Crippen molar-refractivity contribution >= 4 is 40.5 Å². The lowest BCUT2D eigenvalue weighted by atomic mass is 10.2. The van der Waals surface area contributed by atoms with Crippen molar-refractivity contribution in [3.05, 3.63) is 59.8 Å². The number of imidazole rings is 1. The van der Waals surface area contributed by atoms with Crippen molar-refractivity contribution in [2.24, 2.45) is 0 Å². The highest BCUT2D eigenvalue weighted by Gasteiger charge is 2.19. The van der Waals surface area contributed by atoms with Crippen LogP contribution in [0, 0.1) is 5.82 Å². The second-order valence-corrected chi connectivity index (χ2v) is 9.44. The molecule has 0 aliphatic rings. The Hall–Kier alpha value is -3.92. The van der Waals surface area contributed by atoms with Crippen molar-refractivity contribution < 1.29 is 18.7 Å². The van der Waals surface area contributed by atoms with Gasteiger partial charge in [-0.2, -0.15) is 0 Å². The Labute approximate surface area is 212 Å². The fourth-order valence-corrected chi connectivity index (χ4v) is 3.75. The van der Waals surface area contributed by atoms with Gasteiger partial charge in [0.1, 0.15) is 23.6 Å². The van der Waals surface area contributed by atoms with Gasteiger partial charge in [-0.05, 0) is 45.0 Å². The topological polar surface area (TPSA) is 93.9 Å². The van der Waals surface area contributed by atoms with Crippen LogP contribution in [0.1, 0.15) is 20.8 Å². The summed E-state index contributed by atoms with van der Waals surface area (Å²) in [6.45, 7) is 5.56. The molecule has 3 heterocycles. The predicted octanol–water partition coefficient (Wildman–Crippen LogP) is 5.11. The maximum atomic E-state index is 14.1. The van der Waals surface area contributed by atoms with Crippen LogP contribution in [0.15, 0.2) is 48.9 Å². The zero-order valence-corrected chi connectivity index (χ0v) is 21.3. The summed E-state index contributed by atoms with van der Waals surface area (Å²) < 4.78 is 26.6. The second kappa shape index (κ2) is 9.98. The minimum Gasteiger partial charge on any atom is -0.494 e. The van der Waals surface area contributed by atoms with Crippen molar-refractivity contribution in [2.75, 3.05) is 30.9 Å². The number of halogens is 2. The van der Waals surface area contributed by atoms with E-state index in [0.717, 1.165) is 5.69 Å². The van der Waals surface area contributed by atoms with Crippen LogP contribution >= 0.6 is 11.6 Å². The van der Waals surface area contributed by atoms with E-state index >= 15 is 0 Å². The lowest BCUT2D eigenvalue weighted by Crippen LogP contribution is -2.32. The fraction of sp³-hybridized carbons (Fsp3) is 0.280. The number of anilines is 3. The number of hydrogen-bond donors (Lipinski definition) is 1. The summed E-state index contributed by atoms with van der Waals surface area (Å²) in [4.78, 5) is 26.9. The molecule has 0 saturated carbocycles. The molecule has 188 valence electrons. The first-order valence-electron chi connectivity index (χ1n) is 11.1. The summed E-state index contributed by atoms with van der Waals surface area (Å²) in [7, 11) is 3.33. The van der Waals surface area contributed by atoms with Gasteiger partial charge < -0.3 is 19.7 Å². The number of esters is 1. The molecular formula is C25H26ClFN6O3. The molecule has 0 spiro atoms. The molecule has 0 unspecified atom stereocenters. The van der Waals surface area contributed by atoms with Crippen molar-refractivity contribution in [1.29, 1.82) is 0 Å². The van der Waals surface area contributed by atoms with Crippen LogP contribution in [0.4, 0.5) is 21.7 Å². The minimum atomic E-state index is -0.557. The van der Waals surface area contributed by atoms with Gasteiger partial charge in [0.25, 0.3) is 0 Å². The monoisotopic (exact) mass is 512 g/mol. The molecule has 0 atom stereocenters. The molecule has 0 amide bonds. The van der Waals surface area contributed by atoms with Gasteiger partial charge in [0.15, 0.2) is 11.5 Å². The van der Waals surface area contributed by atoms with Crippen LogP contribution in [-0.4, -0.2) is 51.6 Å². The molecule has 0 saturated heterocycles. The van der Waals surface area contributed by atoms with E-state index in [1.807, 2.05) is 26.8 Å². The zero-order valence-electron chi connectivity index (χ0n) is 20.5. The van der Waals surface area contributed by atoms with E-state index in [1.165, 1.54) is 18.5 Å². The number of carbonyl (C=O) groups excluding carboxylic acids is 1. The Morgan fingerprint density at radius 3 is 2.72 bits per heavy atom. The van der Waals surface area contributed by atoms with Gasteiger partial charge in [0, 0.05) is 25.0 Å². The molecular weight excluding hydrogens is 487 g/mol. The molecule has 4 aromatic rings. The second-order valence-electron chi connectivity index (χ2n) is 9.04. The normalized spacial score (nSPS) is 11.4. The summed E-state index contributed by atoms with van der Waals surface area (Å²) in [5, 5.41) is 3.42. The molecule has 0 radical (unpaired) electrons. The van der Waals surface area contributed by atoms with E-state index in [4.69, 9.17) is 21.1 Å². The molecule has 3 aromatic heterocycles. The highest BCUT2D eigenvalue weighted by Crippen LogP contribution is 2.33. The summed E-state index contributed by atoms with van der Waals surface area (Å²) in [6, 6.07) is 8.33. The third-order valence-corrected chi connectivity index (χ3v) is 5.41. The smallest absolute Gasteiger partial charge is 0.326 e. The van der Waals surface area contributed by atoms with Gasteiger partial charge in [-0.25, -0.2) is 19.3 Å². The first-order valence-corrected chi connectivity index (χ1v) is 11.5. The number of fused-ring (bicyclic) bond motifs is 1. The Morgan fingerprint density at radius 2 is 2.00 bits per heavy atom. The minimum absolute atomic E-state index is 0.0801. The standard InChI is InChI=1S/C25H26ClFN6O3/c1-25(2,3)36-21(34)14-32(4)15-8-9-18(20(11-15)35-5)30-24-29-12-16(26)22(31-24)19-13-28-23-17(27)7-6-10-33(19)23/h6-13H,14H2,1-5H3,(H,29,30,31). The number of ether oxygens (including phenoxy) is 2. The van der Waals surface area contributed by atoms with Crippen LogP contribution in [-0.2, 0) is 9.53 Å². The largest absolute Gasteiger partial charge is 0.494 e. The number of benzene rings is 1. The molecule has 0 aliphatic carbocycles. The van der Waals surface area contributed by atoms with E-state index in [0.29, 0.717) is 22.8 Å². The van der Waals surface area contributed by atoms with Crippen molar-refractivity contribution in [3.63, 3.8) is 0 Å². The van der Waals surface area contributed by atoms with E-state index in [2.05, 4.69) is 20.3 Å². The van der Waals surface area contributed by atoms with Gasteiger partial charge >= 0.3 is 5.97 Å². The van der Waals surface area contributed by atoms with Crippen LogP contribution in [0.5, 0.6) is 5.75 Å². The quantitative estimate of drug-likeness (QED) is 0.341. The lowest BCUT2D eigenvalue weighted by molar-refractivity contribution is -0.152. The van der Waals surface area contributed by atoms with Gasteiger partial charge in [-0.3, -0.25) is 9.20 Å². The molecule has 11 heteroatoms. The fourth-order valence-electron chi connectivity index (χ4n) is 3.56. The summed E-state index contributed by atoms with van der Waals surface area (Å²) in [5.41, 5.74) is 1.88. The number of pyridine rings is 1. The summed E-state index contributed by atoms with van der Waals surface area (Å²) in [6.07, 6.45) is 4.65. The van der Waals surface area contributed by atoms with Crippen molar-refractivity contribution in [1.82, 2.24) is 19.4 Å². The summed E-state index contributed by atoms with van der Waals surface area (Å²) in [5.74, 6) is -0.0105. The zero-order chi connectivity index (χ0) is 26.0. The average molecular weight is 513 g/mol. The van der Waals surface area contributed by atoms with Crippen LogP contribution in [0.2, 0.25) is 5.02 Å². The molecule has 0 aliphatic heterocycles. The Morgan fingerprint density at radius 1 is 1.22 bits per heavy atom. The molecule has 0 fully saturated rings. The third kappa shape index (κ3) is 5.49. The molecule has 1 aromatic carbocycles. The number of carbonyl (C=O) groups is 1. The first-order chi connectivity index (χ1) is 17.1. The van der Waals surface area contributed by atoms with Crippen LogP contribution in [0.25, 0.3) is 17.0 Å². The Balaban J connectivity index is 1.58. The molecule has 4 rings (SSSR count). The number of rotatable bonds is 7. The van der Waals surface area contributed by atoms with Gasteiger partial charge in [-0.1, -0.05) is 11.6 Å². The lowest BCUT2D eigenvalue weighted by Gasteiger charge is -2.24. The van der Waals surface area contributed by atoms with E-state index < -0.39 is 11.4 Å². The van der Waals surface area contributed by atoms with Gasteiger partial charge in [-0.15, -0.1) is 0 Å². The number of likely N-dealkylation sites (N-methyl/N-ethyl adjacent to an activating group) is 1. The van der Waals surface area contributed by atoms with E-state index in [1.54, 1.807) is 47.9 Å². The van der Waals surface area contributed by atoms with E-state index in [9.17, 15) is 9.18 Å². The maximum Gasteiger partial charge on any atom is 0.326 e.